The molecular formula is C16H15FN6O2. The number of carbonyl (C=O) groups excluding carboxylic acids is 1. The number of rotatable bonds is 6. The minimum atomic E-state index is -0.420. The number of carbonyl (C=O) groups is 1. The molecule has 8 nitrogen and oxygen atoms in total. The lowest BCUT2D eigenvalue weighted by molar-refractivity contribution is -0.120. The normalized spacial score (nSPS) is 10.6. The van der Waals surface area contributed by atoms with E-state index in [-0.39, 0.29) is 31.0 Å². The summed E-state index contributed by atoms with van der Waals surface area (Å²) in [7, 11) is 0. The van der Waals surface area contributed by atoms with E-state index in [0.29, 0.717) is 11.4 Å². The summed E-state index contributed by atoms with van der Waals surface area (Å²) in [6, 6.07) is 9.00. The zero-order valence-corrected chi connectivity index (χ0v) is 13.2. The van der Waals surface area contributed by atoms with Crippen LogP contribution >= 0.6 is 0 Å². The largest absolute Gasteiger partial charge is 0.354 e. The molecule has 1 aromatic carbocycles. The molecule has 0 saturated heterocycles. The van der Waals surface area contributed by atoms with Gasteiger partial charge < -0.3 is 5.32 Å². The molecular weight excluding hydrogens is 327 g/mol. The molecule has 1 N–H and O–H groups in total. The second-order valence-electron chi connectivity index (χ2n) is 5.21. The van der Waals surface area contributed by atoms with Crippen molar-refractivity contribution < 1.29 is 9.18 Å². The molecule has 0 atom stereocenters. The quantitative estimate of drug-likeness (QED) is 0.696. The van der Waals surface area contributed by atoms with Crippen LogP contribution in [0.15, 0.2) is 53.8 Å². The fourth-order valence-corrected chi connectivity index (χ4v) is 2.23. The Morgan fingerprint density at radius 1 is 1.20 bits per heavy atom. The molecule has 0 fully saturated rings. The number of aromatic nitrogens is 5. The van der Waals surface area contributed by atoms with Crippen LogP contribution in [0.4, 0.5) is 4.39 Å². The Bertz CT molecular complexity index is 922. The molecule has 1 amide bonds. The number of benzene rings is 1. The van der Waals surface area contributed by atoms with Gasteiger partial charge in [0.15, 0.2) is 5.82 Å². The van der Waals surface area contributed by atoms with Crippen LogP contribution < -0.4 is 10.9 Å². The van der Waals surface area contributed by atoms with Gasteiger partial charge in [0.05, 0.1) is 13.0 Å². The first kappa shape index (κ1) is 16.5. The van der Waals surface area contributed by atoms with Gasteiger partial charge in [0, 0.05) is 12.6 Å². The van der Waals surface area contributed by atoms with E-state index in [1.165, 1.54) is 40.2 Å². The third kappa shape index (κ3) is 4.14. The number of nitrogens with one attached hydrogen (secondary N) is 1. The Balaban J connectivity index is 1.58. The molecule has 3 rings (SSSR count). The highest BCUT2D eigenvalue weighted by atomic mass is 19.1. The van der Waals surface area contributed by atoms with Crippen molar-refractivity contribution in [1.29, 1.82) is 0 Å². The molecule has 0 unspecified atom stereocenters. The molecule has 0 spiro atoms. The summed E-state index contributed by atoms with van der Waals surface area (Å²) in [4.78, 5) is 27.6. The highest BCUT2D eigenvalue weighted by Crippen LogP contribution is 2.06. The predicted molar refractivity (Wildman–Crippen MR) is 86.5 cm³/mol. The Kier molecular flexibility index (Phi) is 4.93. The summed E-state index contributed by atoms with van der Waals surface area (Å²) in [5.41, 5.74) is 0.0238. The van der Waals surface area contributed by atoms with E-state index in [2.05, 4.69) is 20.5 Å². The van der Waals surface area contributed by atoms with E-state index in [4.69, 9.17) is 0 Å². The molecule has 0 aliphatic heterocycles. The smallest absolute Gasteiger partial charge is 0.266 e. The summed E-state index contributed by atoms with van der Waals surface area (Å²) in [5, 5.41) is 10.8. The molecule has 0 radical (unpaired) electrons. The van der Waals surface area contributed by atoms with Gasteiger partial charge in [0.1, 0.15) is 18.5 Å². The fourth-order valence-electron chi connectivity index (χ4n) is 2.23. The second kappa shape index (κ2) is 7.47. The maximum Gasteiger partial charge on any atom is 0.266 e. The monoisotopic (exact) mass is 342 g/mol. The Morgan fingerprint density at radius 3 is 2.80 bits per heavy atom. The first-order chi connectivity index (χ1) is 12.1. The predicted octanol–water partition coefficient (Wildman–Crippen LogP) is 0.322. The first-order valence-electron chi connectivity index (χ1n) is 7.57. The van der Waals surface area contributed by atoms with E-state index in [1.807, 2.05) is 0 Å². The number of nitrogens with zero attached hydrogens (tertiary/aromatic N) is 5. The summed E-state index contributed by atoms with van der Waals surface area (Å²) >= 11 is 0. The molecule has 128 valence electrons. The molecule has 9 heteroatoms. The van der Waals surface area contributed by atoms with Gasteiger partial charge in [-0.05, 0) is 17.7 Å². The Morgan fingerprint density at radius 2 is 2.04 bits per heavy atom. The topological polar surface area (TPSA) is 94.7 Å². The van der Waals surface area contributed by atoms with E-state index >= 15 is 0 Å². The van der Waals surface area contributed by atoms with Gasteiger partial charge in [0.25, 0.3) is 5.56 Å². The molecule has 2 heterocycles. The molecule has 0 aliphatic carbocycles. The van der Waals surface area contributed by atoms with Gasteiger partial charge >= 0.3 is 0 Å². The lowest BCUT2D eigenvalue weighted by Crippen LogP contribution is -2.33. The first-order valence-corrected chi connectivity index (χ1v) is 7.57. The third-order valence-electron chi connectivity index (χ3n) is 3.46. The van der Waals surface area contributed by atoms with Crippen molar-refractivity contribution in [2.75, 3.05) is 6.54 Å². The van der Waals surface area contributed by atoms with Crippen LogP contribution in [0.25, 0.3) is 5.82 Å². The maximum absolute atomic E-state index is 13.5. The summed E-state index contributed by atoms with van der Waals surface area (Å²) in [6.07, 6.45) is 2.77. The Labute approximate surface area is 141 Å². The van der Waals surface area contributed by atoms with Crippen molar-refractivity contribution in [3.05, 3.63) is 70.8 Å². The van der Waals surface area contributed by atoms with Crippen LogP contribution in [0.1, 0.15) is 5.56 Å². The van der Waals surface area contributed by atoms with Gasteiger partial charge in [-0.25, -0.2) is 18.7 Å². The molecule has 0 aliphatic rings. The van der Waals surface area contributed by atoms with Gasteiger partial charge in [-0.1, -0.05) is 18.2 Å². The third-order valence-corrected chi connectivity index (χ3v) is 3.46. The number of hydrogen-bond acceptors (Lipinski definition) is 5. The summed E-state index contributed by atoms with van der Waals surface area (Å²) in [5.74, 6) is -0.309. The van der Waals surface area contributed by atoms with Crippen LogP contribution in [0, 0.1) is 5.82 Å². The van der Waals surface area contributed by atoms with Crippen LogP contribution in [0.3, 0.4) is 0 Å². The van der Waals surface area contributed by atoms with Crippen molar-refractivity contribution in [1.82, 2.24) is 29.9 Å². The SMILES string of the molecule is O=C(Cc1ccccc1F)NCCn1nc(-n2cncn2)ccc1=O. The Hall–Kier alpha value is -3.36. The van der Waals surface area contributed by atoms with Gasteiger partial charge in [-0.3, -0.25) is 9.59 Å². The van der Waals surface area contributed by atoms with Crippen molar-refractivity contribution >= 4 is 5.91 Å². The zero-order valence-electron chi connectivity index (χ0n) is 13.2. The van der Waals surface area contributed by atoms with Crippen LogP contribution in [0.5, 0.6) is 0 Å². The van der Waals surface area contributed by atoms with Crippen LogP contribution in [0.2, 0.25) is 0 Å². The summed E-state index contributed by atoms with van der Waals surface area (Å²) < 4.78 is 16.2. The fraction of sp³-hybridized carbons (Fsp3) is 0.188. The average molecular weight is 342 g/mol. The van der Waals surface area contributed by atoms with E-state index in [1.54, 1.807) is 18.2 Å². The minimum absolute atomic E-state index is 0.0615. The van der Waals surface area contributed by atoms with E-state index in [0.717, 1.165) is 0 Å². The zero-order chi connectivity index (χ0) is 17.6. The van der Waals surface area contributed by atoms with Gasteiger partial charge in [-0.2, -0.15) is 5.10 Å². The molecule has 25 heavy (non-hydrogen) atoms. The second-order valence-corrected chi connectivity index (χ2v) is 5.21. The molecule has 2 aromatic heterocycles. The number of halogens is 1. The highest BCUT2D eigenvalue weighted by molar-refractivity contribution is 5.78. The molecule has 0 bridgehead atoms. The minimum Gasteiger partial charge on any atom is -0.354 e. The molecule has 0 saturated carbocycles. The standard InChI is InChI=1S/C16H15FN6O2/c17-13-4-2-1-3-12(13)9-15(24)19-7-8-22-16(25)6-5-14(21-22)23-11-18-10-20-23/h1-6,10-11H,7-9H2,(H,19,24). The average Bonchev–Trinajstić information content (AvgIpc) is 3.13. The number of amides is 1. The maximum atomic E-state index is 13.5. The number of hydrogen-bond donors (Lipinski definition) is 1. The lowest BCUT2D eigenvalue weighted by atomic mass is 10.1. The van der Waals surface area contributed by atoms with Gasteiger partial charge in [-0.15, -0.1) is 5.10 Å². The van der Waals surface area contributed by atoms with Gasteiger partial charge in [0.2, 0.25) is 5.91 Å². The van der Waals surface area contributed by atoms with Crippen molar-refractivity contribution in [2.45, 2.75) is 13.0 Å². The highest BCUT2D eigenvalue weighted by Gasteiger charge is 2.08. The lowest BCUT2D eigenvalue weighted by Gasteiger charge is -2.08. The van der Waals surface area contributed by atoms with Crippen LogP contribution in [-0.4, -0.2) is 37.0 Å². The van der Waals surface area contributed by atoms with Crippen LogP contribution in [-0.2, 0) is 17.8 Å². The van der Waals surface area contributed by atoms with Crippen molar-refractivity contribution in [3.8, 4) is 5.82 Å². The molecule has 3 aromatic rings. The van der Waals surface area contributed by atoms with Crippen molar-refractivity contribution in [2.24, 2.45) is 0 Å². The van der Waals surface area contributed by atoms with E-state index < -0.39 is 5.82 Å². The van der Waals surface area contributed by atoms with Crippen molar-refractivity contribution in [3.63, 3.8) is 0 Å². The summed E-state index contributed by atoms with van der Waals surface area (Å²) in [6.45, 7) is 0.380. The van der Waals surface area contributed by atoms with E-state index in [9.17, 15) is 14.0 Å².